The number of likely N-dealkylation sites (N-methyl/N-ethyl adjacent to an activating group) is 1. The van der Waals surface area contributed by atoms with E-state index in [1.54, 1.807) is 0 Å². The van der Waals surface area contributed by atoms with Gasteiger partial charge in [0.15, 0.2) is 0 Å². The lowest BCUT2D eigenvalue weighted by Crippen LogP contribution is -2.60. The summed E-state index contributed by atoms with van der Waals surface area (Å²) in [6, 6.07) is 1.60. The molecule has 2 heterocycles. The largest absolute Gasteiger partial charge is 0.304 e. The summed E-state index contributed by atoms with van der Waals surface area (Å²) in [6.07, 6.45) is 11.0. The first kappa shape index (κ1) is 18.9. The van der Waals surface area contributed by atoms with Crippen molar-refractivity contribution in [2.24, 2.45) is 0 Å². The van der Waals surface area contributed by atoms with Gasteiger partial charge in [-0.1, -0.05) is 12.8 Å². The Morgan fingerprint density at radius 3 is 2.48 bits per heavy atom. The van der Waals surface area contributed by atoms with Crippen molar-refractivity contribution >= 4 is 23.4 Å². The Balaban J connectivity index is 1.35. The van der Waals surface area contributed by atoms with E-state index in [4.69, 9.17) is 11.6 Å². The maximum atomic E-state index is 6.60. The molecule has 0 bridgehead atoms. The molecule has 25 heavy (non-hydrogen) atoms. The lowest BCUT2D eigenvalue weighted by Gasteiger charge is -2.54. The second-order valence-corrected chi connectivity index (χ2v) is 10.9. The van der Waals surface area contributed by atoms with Gasteiger partial charge in [0.05, 0.1) is 0 Å². The van der Waals surface area contributed by atoms with Gasteiger partial charge in [0.25, 0.3) is 0 Å². The third-order valence-electron chi connectivity index (χ3n) is 7.05. The third-order valence-corrected chi connectivity index (χ3v) is 9.24. The quantitative estimate of drug-likeness (QED) is 0.684. The number of rotatable bonds is 4. The molecule has 4 fully saturated rings. The number of piperazine rings is 1. The van der Waals surface area contributed by atoms with E-state index in [0.717, 1.165) is 22.6 Å². The summed E-state index contributed by atoms with van der Waals surface area (Å²) in [4.78, 5) is 8.09. The molecule has 2 saturated carbocycles. The van der Waals surface area contributed by atoms with Gasteiger partial charge in [0, 0.05) is 60.7 Å². The number of hydrogen-bond acceptors (Lipinski definition) is 4. The lowest BCUT2D eigenvalue weighted by molar-refractivity contribution is 0.0700. The van der Waals surface area contributed by atoms with Crippen LogP contribution >= 0.6 is 23.4 Å². The molecule has 4 rings (SSSR count). The lowest BCUT2D eigenvalue weighted by atomic mass is 9.87. The van der Waals surface area contributed by atoms with Gasteiger partial charge in [-0.05, 0) is 52.1 Å². The minimum absolute atomic E-state index is 0.419. The van der Waals surface area contributed by atoms with Gasteiger partial charge in [0.1, 0.15) is 0 Å². The fourth-order valence-corrected chi connectivity index (χ4v) is 7.80. The first-order valence-electron chi connectivity index (χ1n) is 10.7. The summed E-state index contributed by atoms with van der Waals surface area (Å²) >= 11 is 8.95. The molecule has 0 N–H and O–H groups in total. The van der Waals surface area contributed by atoms with Crippen LogP contribution in [0.3, 0.4) is 0 Å². The van der Waals surface area contributed by atoms with Gasteiger partial charge < -0.3 is 9.80 Å². The van der Waals surface area contributed by atoms with Crippen LogP contribution in [0.15, 0.2) is 0 Å². The van der Waals surface area contributed by atoms with Gasteiger partial charge in [-0.25, -0.2) is 0 Å². The highest BCUT2D eigenvalue weighted by Gasteiger charge is 2.45. The molecular weight excluding hydrogens is 350 g/mol. The fraction of sp³-hybridized carbons (Fsp3) is 1.00. The normalized spacial score (nSPS) is 41.3. The van der Waals surface area contributed by atoms with Gasteiger partial charge in [-0.3, -0.25) is 4.90 Å². The van der Waals surface area contributed by atoms with Crippen LogP contribution in [0.1, 0.15) is 51.4 Å². The van der Waals surface area contributed by atoms with Crippen LogP contribution in [0, 0.1) is 0 Å². The smallest absolute Gasteiger partial charge is 0.0351 e. The first-order chi connectivity index (χ1) is 12.2. The van der Waals surface area contributed by atoms with Crippen molar-refractivity contribution < 1.29 is 0 Å². The molecule has 0 aromatic rings. The topological polar surface area (TPSA) is 9.72 Å². The van der Waals surface area contributed by atoms with Gasteiger partial charge >= 0.3 is 0 Å². The minimum Gasteiger partial charge on any atom is -0.304 e. The SMILES string of the molecule is CN1CCN(CCCN2C3CCCCC3SC3CCC(Cl)CC32)CC1. The number of thioether (sulfide) groups is 1. The zero-order chi connectivity index (χ0) is 17.2. The summed E-state index contributed by atoms with van der Waals surface area (Å²) in [6.45, 7) is 7.59. The van der Waals surface area contributed by atoms with Crippen LogP contribution in [-0.4, -0.2) is 89.0 Å². The molecular formula is C20H36ClN3S. The predicted octanol–water partition coefficient (Wildman–Crippen LogP) is 3.51. The second-order valence-electron chi connectivity index (χ2n) is 8.78. The molecule has 4 aliphatic rings. The Morgan fingerprint density at radius 1 is 0.880 bits per heavy atom. The highest BCUT2D eigenvalue weighted by Crippen LogP contribution is 2.47. The van der Waals surface area contributed by atoms with Crippen molar-refractivity contribution in [3.63, 3.8) is 0 Å². The van der Waals surface area contributed by atoms with E-state index < -0.39 is 0 Å². The van der Waals surface area contributed by atoms with Crippen molar-refractivity contribution in [3.8, 4) is 0 Å². The number of halogens is 1. The van der Waals surface area contributed by atoms with Crippen molar-refractivity contribution in [1.29, 1.82) is 0 Å². The molecule has 3 nitrogen and oxygen atoms in total. The summed E-state index contributed by atoms with van der Waals surface area (Å²) in [5.41, 5.74) is 0. The average Bonchev–Trinajstić information content (AvgIpc) is 2.63. The van der Waals surface area contributed by atoms with Crippen molar-refractivity contribution in [2.75, 3.05) is 46.3 Å². The molecule has 5 heteroatoms. The summed E-state index contributed by atoms with van der Waals surface area (Å²) in [5, 5.41) is 2.19. The Bertz CT molecular complexity index is 429. The Labute approximate surface area is 163 Å². The van der Waals surface area contributed by atoms with Crippen LogP contribution in [0.25, 0.3) is 0 Å². The number of alkyl halides is 1. The maximum absolute atomic E-state index is 6.60. The molecule has 144 valence electrons. The molecule has 0 amide bonds. The van der Waals surface area contributed by atoms with E-state index in [1.165, 1.54) is 90.6 Å². The molecule has 2 saturated heterocycles. The minimum atomic E-state index is 0.419. The van der Waals surface area contributed by atoms with E-state index in [-0.39, 0.29) is 0 Å². The van der Waals surface area contributed by atoms with Gasteiger partial charge in [-0.15, -0.1) is 11.6 Å². The van der Waals surface area contributed by atoms with E-state index in [0.29, 0.717) is 5.38 Å². The first-order valence-corrected chi connectivity index (χ1v) is 12.0. The summed E-state index contributed by atoms with van der Waals surface area (Å²) in [7, 11) is 2.25. The Morgan fingerprint density at radius 2 is 1.64 bits per heavy atom. The fourth-order valence-electron chi connectivity index (χ4n) is 5.54. The van der Waals surface area contributed by atoms with Crippen LogP contribution in [0.4, 0.5) is 0 Å². The van der Waals surface area contributed by atoms with Crippen LogP contribution in [-0.2, 0) is 0 Å². The molecule has 0 aromatic heterocycles. The monoisotopic (exact) mass is 385 g/mol. The Kier molecular flexibility index (Phi) is 6.55. The molecule has 5 atom stereocenters. The standard InChI is InChI=1S/C20H36ClN3S/c1-22-11-13-23(14-12-22)9-4-10-24-17-5-2-3-6-19(17)25-20-8-7-16(21)15-18(20)24/h16-20H,2-15H2,1H3. The Hall–Kier alpha value is 0.520. The van der Waals surface area contributed by atoms with E-state index >= 15 is 0 Å². The summed E-state index contributed by atoms with van der Waals surface area (Å²) < 4.78 is 0. The molecule has 2 aliphatic carbocycles. The number of fused-ring (bicyclic) bond motifs is 2. The van der Waals surface area contributed by atoms with E-state index in [9.17, 15) is 0 Å². The molecule has 2 aliphatic heterocycles. The van der Waals surface area contributed by atoms with Crippen molar-refractivity contribution in [2.45, 2.75) is 79.3 Å². The maximum Gasteiger partial charge on any atom is 0.0351 e. The van der Waals surface area contributed by atoms with E-state index in [2.05, 4.69) is 33.5 Å². The molecule has 0 spiro atoms. The van der Waals surface area contributed by atoms with Crippen LogP contribution in [0.5, 0.6) is 0 Å². The second kappa shape index (κ2) is 8.68. The van der Waals surface area contributed by atoms with Crippen molar-refractivity contribution in [3.05, 3.63) is 0 Å². The molecule has 0 aromatic carbocycles. The number of nitrogens with zero attached hydrogens (tertiary/aromatic N) is 3. The highest BCUT2D eigenvalue weighted by molar-refractivity contribution is 8.00. The highest BCUT2D eigenvalue weighted by atomic mass is 35.5. The van der Waals surface area contributed by atoms with Crippen LogP contribution in [0.2, 0.25) is 0 Å². The molecule has 0 radical (unpaired) electrons. The van der Waals surface area contributed by atoms with Crippen molar-refractivity contribution in [1.82, 2.24) is 14.7 Å². The van der Waals surface area contributed by atoms with E-state index in [1.807, 2.05) is 0 Å². The number of hydrogen-bond donors (Lipinski definition) is 0. The zero-order valence-electron chi connectivity index (χ0n) is 15.9. The zero-order valence-corrected chi connectivity index (χ0v) is 17.5. The molecule has 5 unspecified atom stereocenters. The summed E-state index contributed by atoms with van der Waals surface area (Å²) in [5.74, 6) is 0. The predicted molar refractivity (Wildman–Crippen MR) is 110 cm³/mol. The average molecular weight is 386 g/mol. The van der Waals surface area contributed by atoms with Crippen LogP contribution < -0.4 is 0 Å². The van der Waals surface area contributed by atoms with Gasteiger partial charge in [0.2, 0.25) is 0 Å². The third kappa shape index (κ3) is 4.51. The van der Waals surface area contributed by atoms with Gasteiger partial charge in [-0.2, -0.15) is 11.8 Å².